The molecule has 0 atom stereocenters. The molecule has 28 heavy (non-hydrogen) atoms. The number of nitro groups is 1. The molecule has 0 spiro atoms. The average molecular weight is 438 g/mol. The second kappa shape index (κ2) is 8.59. The summed E-state index contributed by atoms with van der Waals surface area (Å²) < 4.78 is 1.77. The van der Waals surface area contributed by atoms with Crippen molar-refractivity contribution in [3.05, 3.63) is 62.6 Å². The molecule has 11 heteroatoms. The quantitative estimate of drug-likeness (QED) is 0.347. The highest BCUT2D eigenvalue weighted by atomic mass is 35.5. The molecule has 0 aliphatic heterocycles. The molecular formula is C17H13Cl2N5O3S. The molecule has 3 rings (SSSR count). The Balaban J connectivity index is 1.66. The third-order valence-electron chi connectivity index (χ3n) is 3.70. The fourth-order valence-corrected chi connectivity index (χ4v) is 3.33. The largest absolute Gasteiger partial charge is 0.324 e. The summed E-state index contributed by atoms with van der Waals surface area (Å²) >= 11 is 13.1. The van der Waals surface area contributed by atoms with Crippen molar-refractivity contribution in [3.63, 3.8) is 0 Å². The lowest BCUT2D eigenvalue weighted by Gasteiger charge is -2.07. The fourth-order valence-electron chi connectivity index (χ4n) is 2.33. The van der Waals surface area contributed by atoms with Crippen LogP contribution in [0.1, 0.15) is 0 Å². The van der Waals surface area contributed by atoms with Gasteiger partial charge in [-0.3, -0.25) is 14.9 Å². The van der Waals surface area contributed by atoms with Gasteiger partial charge in [-0.1, -0.05) is 35.0 Å². The minimum atomic E-state index is -0.557. The summed E-state index contributed by atoms with van der Waals surface area (Å²) in [7, 11) is 1.79. The van der Waals surface area contributed by atoms with Gasteiger partial charge in [-0.15, -0.1) is 10.2 Å². The van der Waals surface area contributed by atoms with Gasteiger partial charge in [0, 0.05) is 29.8 Å². The van der Waals surface area contributed by atoms with Crippen LogP contribution in [0.15, 0.2) is 47.6 Å². The monoisotopic (exact) mass is 437 g/mol. The second-order valence-corrected chi connectivity index (χ2v) is 7.42. The first-order chi connectivity index (χ1) is 13.3. The van der Waals surface area contributed by atoms with E-state index in [0.717, 1.165) is 5.56 Å². The zero-order valence-corrected chi connectivity index (χ0v) is 16.8. The maximum Gasteiger partial charge on any atom is 0.271 e. The van der Waals surface area contributed by atoms with E-state index >= 15 is 0 Å². The molecule has 0 saturated heterocycles. The molecule has 0 radical (unpaired) electrons. The Labute approximate surface area is 174 Å². The molecule has 1 amide bonds. The molecule has 0 unspecified atom stereocenters. The lowest BCUT2D eigenvalue weighted by Crippen LogP contribution is -2.15. The summed E-state index contributed by atoms with van der Waals surface area (Å²) in [6.45, 7) is 0. The van der Waals surface area contributed by atoms with Gasteiger partial charge in [0.1, 0.15) is 0 Å². The van der Waals surface area contributed by atoms with E-state index in [9.17, 15) is 14.9 Å². The number of hydrogen-bond acceptors (Lipinski definition) is 6. The number of nitrogens with zero attached hydrogens (tertiary/aromatic N) is 4. The highest BCUT2D eigenvalue weighted by Crippen LogP contribution is 2.28. The third-order valence-corrected chi connectivity index (χ3v) is 5.31. The van der Waals surface area contributed by atoms with Gasteiger partial charge in [-0.2, -0.15) is 0 Å². The van der Waals surface area contributed by atoms with Crippen molar-refractivity contribution in [2.45, 2.75) is 5.16 Å². The van der Waals surface area contributed by atoms with Gasteiger partial charge in [0.15, 0.2) is 11.0 Å². The number of carbonyl (C=O) groups is 1. The SMILES string of the molecule is Cn1c(SCC(=O)Nc2cc([N+](=O)[O-])ccc2Cl)nnc1-c1ccc(Cl)cc1. The van der Waals surface area contributed by atoms with Gasteiger partial charge < -0.3 is 9.88 Å². The number of nitrogens with one attached hydrogen (secondary N) is 1. The Morgan fingerprint density at radius 1 is 1.21 bits per heavy atom. The predicted molar refractivity (Wildman–Crippen MR) is 109 cm³/mol. The first kappa shape index (κ1) is 20.1. The Morgan fingerprint density at radius 3 is 2.61 bits per heavy atom. The van der Waals surface area contributed by atoms with E-state index in [2.05, 4.69) is 15.5 Å². The van der Waals surface area contributed by atoms with Crippen molar-refractivity contribution in [1.82, 2.24) is 14.8 Å². The van der Waals surface area contributed by atoms with Gasteiger partial charge in [0.25, 0.3) is 5.69 Å². The van der Waals surface area contributed by atoms with Crippen LogP contribution < -0.4 is 5.32 Å². The van der Waals surface area contributed by atoms with Crippen LogP contribution in [0.3, 0.4) is 0 Å². The summed E-state index contributed by atoms with van der Waals surface area (Å²) in [4.78, 5) is 22.5. The normalized spacial score (nSPS) is 10.7. The van der Waals surface area contributed by atoms with Crippen molar-refractivity contribution in [1.29, 1.82) is 0 Å². The standard InChI is InChI=1S/C17H13Cl2N5O3S/c1-23-16(10-2-4-11(18)5-3-10)21-22-17(23)28-9-15(25)20-14-8-12(24(26)27)6-7-13(14)19/h2-8H,9H2,1H3,(H,20,25). The third kappa shape index (κ3) is 4.61. The average Bonchev–Trinajstić information content (AvgIpc) is 3.03. The number of anilines is 1. The molecule has 1 N–H and O–H groups in total. The summed E-state index contributed by atoms with van der Waals surface area (Å²) in [6.07, 6.45) is 0. The number of amides is 1. The second-order valence-electron chi connectivity index (χ2n) is 5.63. The van der Waals surface area contributed by atoms with Crippen LogP contribution in [0.25, 0.3) is 11.4 Å². The van der Waals surface area contributed by atoms with E-state index in [0.29, 0.717) is 16.0 Å². The summed E-state index contributed by atoms with van der Waals surface area (Å²) in [5.41, 5.74) is 0.869. The van der Waals surface area contributed by atoms with Crippen LogP contribution in [-0.2, 0) is 11.8 Å². The topological polar surface area (TPSA) is 103 Å². The number of benzene rings is 2. The Bertz CT molecular complexity index is 1040. The predicted octanol–water partition coefficient (Wildman–Crippen LogP) is 4.43. The number of halogens is 2. The molecule has 3 aromatic rings. The lowest BCUT2D eigenvalue weighted by molar-refractivity contribution is -0.384. The molecule has 0 fully saturated rings. The maximum atomic E-state index is 12.2. The van der Waals surface area contributed by atoms with Crippen molar-refractivity contribution < 1.29 is 9.72 Å². The smallest absolute Gasteiger partial charge is 0.271 e. The zero-order chi connectivity index (χ0) is 20.3. The first-order valence-electron chi connectivity index (χ1n) is 7.87. The zero-order valence-electron chi connectivity index (χ0n) is 14.4. The molecule has 1 heterocycles. The Kier molecular flexibility index (Phi) is 6.18. The van der Waals surface area contributed by atoms with E-state index in [1.54, 1.807) is 23.7 Å². The van der Waals surface area contributed by atoms with E-state index < -0.39 is 4.92 Å². The molecule has 2 aromatic carbocycles. The van der Waals surface area contributed by atoms with Crippen LogP contribution >= 0.6 is 35.0 Å². The number of nitro benzene ring substituents is 1. The molecular weight excluding hydrogens is 425 g/mol. The van der Waals surface area contributed by atoms with E-state index in [1.165, 1.54) is 30.0 Å². The molecule has 0 saturated carbocycles. The highest BCUT2D eigenvalue weighted by molar-refractivity contribution is 7.99. The van der Waals surface area contributed by atoms with Crippen molar-refractivity contribution in [2.75, 3.05) is 11.1 Å². The minimum Gasteiger partial charge on any atom is -0.324 e. The molecule has 144 valence electrons. The fraction of sp³-hybridized carbons (Fsp3) is 0.118. The lowest BCUT2D eigenvalue weighted by atomic mass is 10.2. The van der Waals surface area contributed by atoms with E-state index in [1.807, 2.05) is 12.1 Å². The van der Waals surface area contributed by atoms with E-state index in [4.69, 9.17) is 23.2 Å². The highest BCUT2D eigenvalue weighted by Gasteiger charge is 2.15. The molecule has 8 nitrogen and oxygen atoms in total. The molecule has 0 aliphatic rings. The Morgan fingerprint density at radius 2 is 1.93 bits per heavy atom. The van der Waals surface area contributed by atoms with Crippen LogP contribution in [0.2, 0.25) is 10.0 Å². The summed E-state index contributed by atoms with van der Waals surface area (Å²) in [6, 6.07) is 11.0. The van der Waals surface area contributed by atoms with Gasteiger partial charge >= 0.3 is 0 Å². The first-order valence-corrected chi connectivity index (χ1v) is 9.61. The molecule has 0 bridgehead atoms. The summed E-state index contributed by atoms with van der Waals surface area (Å²) in [5, 5.41) is 23.1. The maximum absolute atomic E-state index is 12.2. The van der Waals surface area contributed by atoms with Crippen LogP contribution in [0, 0.1) is 10.1 Å². The van der Waals surface area contributed by atoms with E-state index in [-0.39, 0.29) is 28.1 Å². The van der Waals surface area contributed by atoms with Gasteiger partial charge in [-0.05, 0) is 30.3 Å². The number of rotatable bonds is 6. The van der Waals surface area contributed by atoms with Crippen LogP contribution in [0.4, 0.5) is 11.4 Å². The van der Waals surface area contributed by atoms with Gasteiger partial charge in [0.05, 0.1) is 21.4 Å². The number of non-ortho nitro benzene ring substituents is 1. The van der Waals surface area contributed by atoms with Gasteiger partial charge in [0.2, 0.25) is 5.91 Å². The number of carbonyl (C=O) groups excluding carboxylic acids is 1. The molecule has 1 aromatic heterocycles. The van der Waals surface area contributed by atoms with Gasteiger partial charge in [-0.25, -0.2) is 0 Å². The molecule has 0 aliphatic carbocycles. The van der Waals surface area contributed by atoms with Crippen molar-refractivity contribution in [2.24, 2.45) is 7.05 Å². The summed E-state index contributed by atoms with van der Waals surface area (Å²) in [5.74, 6) is 0.302. The van der Waals surface area contributed by atoms with Crippen molar-refractivity contribution >= 4 is 52.2 Å². The number of hydrogen-bond donors (Lipinski definition) is 1. The number of aromatic nitrogens is 3. The van der Waals surface area contributed by atoms with Crippen LogP contribution in [-0.4, -0.2) is 31.3 Å². The Hall–Kier alpha value is -2.62. The minimum absolute atomic E-state index is 0.0333. The van der Waals surface area contributed by atoms with Crippen molar-refractivity contribution in [3.8, 4) is 11.4 Å². The number of thioether (sulfide) groups is 1. The van der Waals surface area contributed by atoms with Crippen LogP contribution in [0.5, 0.6) is 0 Å².